The Morgan fingerprint density at radius 1 is 0.857 bits per heavy atom. The van der Waals surface area contributed by atoms with Crippen LogP contribution in [0.3, 0.4) is 0 Å². The van der Waals surface area contributed by atoms with Gasteiger partial charge in [-0.15, -0.1) is 0 Å². The molecule has 0 atom stereocenters. The van der Waals surface area contributed by atoms with Gasteiger partial charge in [-0.3, -0.25) is 0 Å². The Hall–Kier alpha value is -3.66. The highest BCUT2D eigenvalue weighted by molar-refractivity contribution is 6.15. The van der Waals surface area contributed by atoms with Gasteiger partial charge in [0.25, 0.3) is 0 Å². The molecule has 0 bridgehead atoms. The summed E-state index contributed by atoms with van der Waals surface area (Å²) in [6.07, 6.45) is 0. The van der Waals surface area contributed by atoms with E-state index in [1.54, 1.807) is 0 Å². The van der Waals surface area contributed by atoms with Crippen molar-refractivity contribution < 1.29 is 4.42 Å². The molecule has 0 spiro atoms. The maximum Gasteiger partial charge on any atom is 0.347 e. The third kappa shape index (κ3) is 2.38. The van der Waals surface area contributed by atoms with Crippen LogP contribution >= 0.6 is 0 Å². The third-order valence-electron chi connectivity index (χ3n) is 5.21. The van der Waals surface area contributed by atoms with E-state index in [4.69, 9.17) is 9.40 Å². The maximum atomic E-state index is 13.1. The number of rotatable bonds is 2. The van der Waals surface area contributed by atoms with Gasteiger partial charge in [0, 0.05) is 23.5 Å². The van der Waals surface area contributed by atoms with Crippen LogP contribution in [-0.2, 0) is 0 Å². The highest BCUT2D eigenvalue weighted by Crippen LogP contribution is 2.37. The molecule has 2 heterocycles. The van der Waals surface area contributed by atoms with E-state index in [1.165, 1.54) is 0 Å². The number of hydrogen-bond acceptors (Lipinski definition) is 4. The minimum Gasteiger partial charge on any atom is -0.422 e. The van der Waals surface area contributed by atoms with Gasteiger partial charge >= 0.3 is 5.63 Å². The van der Waals surface area contributed by atoms with E-state index in [2.05, 4.69) is 0 Å². The van der Waals surface area contributed by atoms with Gasteiger partial charge in [-0.2, -0.15) is 0 Å². The number of fused-ring (bicyclic) bond motifs is 4. The Kier molecular flexibility index (Phi) is 3.66. The predicted octanol–water partition coefficient (Wildman–Crippen LogP) is 5.57. The second-order valence-electron chi connectivity index (χ2n) is 6.94. The Morgan fingerprint density at radius 2 is 1.57 bits per heavy atom. The summed E-state index contributed by atoms with van der Waals surface area (Å²) in [6.45, 7) is 1.94. The Balaban J connectivity index is 2.01. The lowest BCUT2D eigenvalue weighted by Crippen LogP contribution is -2.14. The molecule has 0 fully saturated rings. The highest BCUT2D eigenvalue weighted by Gasteiger charge is 2.20. The summed E-state index contributed by atoms with van der Waals surface area (Å²) in [7, 11) is 1.97. The third-order valence-corrected chi connectivity index (χ3v) is 5.21. The van der Waals surface area contributed by atoms with Crippen molar-refractivity contribution in [1.29, 1.82) is 0 Å². The molecular formula is C24H18N2O2. The average molecular weight is 366 g/mol. The number of hydrogen-bond donors (Lipinski definition) is 0. The Labute approximate surface area is 161 Å². The molecule has 28 heavy (non-hydrogen) atoms. The van der Waals surface area contributed by atoms with Gasteiger partial charge in [0.1, 0.15) is 11.0 Å². The molecule has 5 aromatic rings. The smallest absolute Gasteiger partial charge is 0.347 e. The molecule has 3 aromatic carbocycles. The summed E-state index contributed by atoms with van der Waals surface area (Å²) < 4.78 is 5.76. The van der Waals surface area contributed by atoms with Gasteiger partial charge in [-0.05, 0) is 36.8 Å². The number of benzene rings is 3. The fraction of sp³-hybridized carbons (Fsp3) is 0.0833. The van der Waals surface area contributed by atoms with E-state index < -0.39 is 0 Å². The largest absolute Gasteiger partial charge is 0.422 e. The summed E-state index contributed by atoms with van der Waals surface area (Å²) >= 11 is 0. The zero-order valence-electron chi connectivity index (χ0n) is 15.6. The monoisotopic (exact) mass is 366 g/mol. The summed E-state index contributed by atoms with van der Waals surface area (Å²) in [5.74, 6) is 0. The van der Waals surface area contributed by atoms with Crippen LogP contribution in [0.25, 0.3) is 32.8 Å². The van der Waals surface area contributed by atoms with Crippen LogP contribution in [0.4, 0.5) is 11.4 Å². The van der Waals surface area contributed by atoms with E-state index in [-0.39, 0.29) is 5.63 Å². The first-order valence-corrected chi connectivity index (χ1v) is 9.19. The predicted molar refractivity (Wildman–Crippen MR) is 115 cm³/mol. The molecule has 4 nitrogen and oxygen atoms in total. The molecule has 2 aromatic heterocycles. The molecule has 136 valence electrons. The minimum absolute atomic E-state index is 0.368. The molecule has 0 aliphatic heterocycles. The number of aryl methyl sites for hydroxylation is 1. The van der Waals surface area contributed by atoms with Crippen molar-refractivity contribution in [2.24, 2.45) is 0 Å². The Morgan fingerprint density at radius 3 is 2.39 bits per heavy atom. The number of nitrogens with zero attached hydrogens (tertiary/aromatic N) is 2. The van der Waals surface area contributed by atoms with Gasteiger partial charge in [0.2, 0.25) is 0 Å². The molecular weight excluding hydrogens is 348 g/mol. The van der Waals surface area contributed by atoms with Crippen molar-refractivity contribution >= 4 is 44.1 Å². The summed E-state index contributed by atoms with van der Waals surface area (Å²) in [5.41, 5.74) is 4.47. The lowest BCUT2D eigenvalue weighted by molar-refractivity contribution is 0.567. The van der Waals surface area contributed by atoms with Gasteiger partial charge in [0.15, 0.2) is 0 Å². The maximum absolute atomic E-state index is 13.1. The molecule has 0 saturated carbocycles. The van der Waals surface area contributed by atoms with Crippen molar-refractivity contribution in [3.05, 3.63) is 88.8 Å². The average Bonchev–Trinajstić information content (AvgIpc) is 2.73. The number of aromatic nitrogens is 1. The van der Waals surface area contributed by atoms with Crippen LogP contribution in [0.15, 0.2) is 82.0 Å². The molecule has 0 N–H and O–H groups in total. The lowest BCUT2D eigenvalue weighted by Gasteiger charge is -2.23. The topological polar surface area (TPSA) is 46.3 Å². The van der Waals surface area contributed by atoms with E-state index in [1.807, 2.05) is 91.7 Å². The van der Waals surface area contributed by atoms with Crippen LogP contribution in [0.1, 0.15) is 5.56 Å². The van der Waals surface area contributed by atoms with Gasteiger partial charge in [0.05, 0.1) is 16.7 Å². The highest BCUT2D eigenvalue weighted by atomic mass is 16.4. The van der Waals surface area contributed by atoms with Crippen molar-refractivity contribution in [1.82, 2.24) is 4.98 Å². The SMILES string of the molecule is Cc1cccc2c1oc(=O)c1c(N(C)c3ccccc3)c3ccccc3nc12. The molecule has 0 amide bonds. The minimum atomic E-state index is -0.368. The van der Waals surface area contributed by atoms with Crippen molar-refractivity contribution in [2.45, 2.75) is 6.92 Å². The van der Waals surface area contributed by atoms with E-state index in [9.17, 15) is 4.79 Å². The molecule has 0 radical (unpaired) electrons. The molecule has 0 aliphatic carbocycles. The normalized spacial score (nSPS) is 11.4. The van der Waals surface area contributed by atoms with E-state index >= 15 is 0 Å². The van der Waals surface area contributed by atoms with Crippen LogP contribution in [0.2, 0.25) is 0 Å². The molecule has 0 unspecified atom stereocenters. The van der Waals surface area contributed by atoms with E-state index in [0.29, 0.717) is 16.5 Å². The lowest BCUT2D eigenvalue weighted by atomic mass is 10.0. The number of para-hydroxylation sites is 3. The number of anilines is 2. The fourth-order valence-corrected chi connectivity index (χ4v) is 3.83. The van der Waals surface area contributed by atoms with Gasteiger partial charge in [-0.25, -0.2) is 9.78 Å². The summed E-state index contributed by atoms with van der Waals surface area (Å²) in [5, 5.41) is 2.27. The summed E-state index contributed by atoms with van der Waals surface area (Å²) in [4.78, 5) is 20.0. The van der Waals surface area contributed by atoms with E-state index in [0.717, 1.165) is 33.2 Å². The zero-order chi connectivity index (χ0) is 19.3. The number of pyridine rings is 1. The second-order valence-corrected chi connectivity index (χ2v) is 6.94. The van der Waals surface area contributed by atoms with Gasteiger partial charge in [-0.1, -0.05) is 48.5 Å². The summed E-state index contributed by atoms with van der Waals surface area (Å²) in [6, 6.07) is 23.8. The second kappa shape index (κ2) is 6.20. The van der Waals surface area contributed by atoms with Crippen LogP contribution in [-0.4, -0.2) is 12.0 Å². The quantitative estimate of drug-likeness (QED) is 0.233. The first-order valence-electron chi connectivity index (χ1n) is 9.19. The first-order chi connectivity index (χ1) is 13.6. The van der Waals surface area contributed by atoms with Crippen LogP contribution in [0.5, 0.6) is 0 Å². The molecule has 5 rings (SSSR count). The standard InChI is InChI=1S/C24H18N2O2/c1-15-9-8-13-18-21-20(24(27)28-23(15)18)22(17-12-6-7-14-19(17)25-21)26(2)16-10-4-3-5-11-16/h3-14H,1-2H3. The zero-order valence-corrected chi connectivity index (χ0v) is 15.6. The molecule has 4 heteroatoms. The first kappa shape index (κ1) is 16.5. The van der Waals surface area contributed by atoms with Crippen LogP contribution < -0.4 is 10.5 Å². The van der Waals surface area contributed by atoms with Crippen LogP contribution in [0, 0.1) is 6.92 Å². The van der Waals surface area contributed by atoms with Crippen molar-refractivity contribution in [2.75, 3.05) is 11.9 Å². The Bertz CT molecular complexity index is 1410. The van der Waals surface area contributed by atoms with Crippen molar-refractivity contribution in [3.63, 3.8) is 0 Å². The molecule has 0 aliphatic rings. The van der Waals surface area contributed by atoms with Crippen molar-refractivity contribution in [3.8, 4) is 0 Å². The fourth-order valence-electron chi connectivity index (χ4n) is 3.83. The van der Waals surface area contributed by atoms with Gasteiger partial charge < -0.3 is 9.32 Å². The molecule has 0 saturated heterocycles.